The molecule has 2 aromatic carbocycles. The Labute approximate surface area is 141 Å². The van der Waals surface area contributed by atoms with E-state index in [2.05, 4.69) is 19.2 Å². The van der Waals surface area contributed by atoms with Gasteiger partial charge in [-0.1, -0.05) is 32.0 Å². The number of anilines is 2. The maximum absolute atomic E-state index is 12.2. The van der Waals surface area contributed by atoms with E-state index >= 15 is 0 Å². The van der Waals surface area contributed by atoms with Gasteiger partial charge in [-0.2, -0.15) is 0 Å². The van der Waals surface area contributed by atoms with Crippen LogP contribution < -0.4 is 11.1 Å². The van der Waals surface area contributed by atoms with Gasteiger partial charge in [0.2, 0.25) is 0 Å². The summed E-state index contributed by atoms with van der Waals surface area (Å²) in [4.78, 5) is 24.2. The number of amides is 1. The van der Waals surface area contributed by atoms with Crippen molar-refractivity contribution in [3.05, 3.63) is 59.7 Å². The predicted molar refractivity (Wildman–Crippen MR) is 94.9 cm³/mol. The molecule has 0 aromatic heterocycles. The van der Waals surface area contributed by atoms with Crippen LogP contribution in [0.1, 0.15) is 42.6 Å². The Kier molecular flexibility index (Phi) is 5.58. The van der Waals surface area contributed by atoms with E-state index in [1.54, 1.807) is 18.2 Å². The van der Waals surface area contributed by atoms with Crippen LogP contribution in [-0.2, 0) is 9.53 Å². The third kappa shape index (κ3) is 4.59. The van der Waals surface area contributed by atoms with E-state index in [9.17, 15) is 9.59 Å². The summed E-state index contributed by atoms with van der Waals surface area (Å²) < 4.78 is 5.18. The number of carbonyl (C=O) groups is 2. The second kappa shape index (κ2) is 7.64. The van der Waals surface area contributed by atoms with Crippen molar-refractivity contribution in [3.63, 3.8) is 0 Å². The second-order valence-corrected chi connectivity index (χ2v) is 5.94. The zero-order valence-corrected chi connectivity index (χ0v) is 14.1. The molecule has 2 rings (SSSR count). The van der Waals surface area contributed by atoms with Crippen LogP contribution in [0.2, 0.25) is 0 Å². The molecule has 0 saturated carbocycles. The number of ether oxygens (including phenoxy) is 1. The maximum Gasteiger partial charge on any atom is 0.338 e. The third-order valence-corrected chi connectivity index (χ3v) is 3.62. The number of nitrogens with two attached hydrogens (primary N) is 1. The normalized spacial score (nSPS) is 11.8. The summed E-state index contributed by atoms with van der Waals surface area (Å²) in [5, 5.41) is 2.74. The Bertz CT molecular complexity index is 724. The summed E-state index contributed by atoms with van der Waals surface area (Å²) in [6.07, 6.45) is -0.913. The van der Waals surface area contributed by atoms with Gasteiger partial charge in [-0.3, -0.25) is 4.79 Å². The number of esters is 1. The minimum Gasteiger partial charge on any atom is -0.449 e. The first-order chi connectivity index (χ1) is 11.4. The molecule has 24 heavy (non-hydrogen) atoms. The van der Waals surface area contributed by atoms with Crippen LogP contribution in [0, 0.1) is 0 Å². The second-order valence-electron chi connectivity index (χ2n) is 5.94. The molecule has 0 radical (unpaired) electrons. The summed E-state index contributed by atoms with van der Waals surface area (Å²) in [7, 11) is 0. The topological polar surface area (TPSA) is 81.4 Å². The molecule has 0 aliphatic carbocycles. The van der Waals surface area contributed by atoms with E-state index in [-0.39, 0.29) is 5.91 Å². The molecule has 0 saturated heterocycles. The first-order valence-corrected chi connectivity index (χ1v) is 7.84. The van der Waals surface area contributed by atoms with Crippen LogP contribution in [0.25, 0.3) is 0 Å². The highest BCUT2D eigenvalue weighted by Crippen LogP contribution is 2.17. The van der Waals surface area contributed by atoms with Gasteiger partial charge in [0.15, 0.2) is 6.10 Å². The van der Waals surface area contributed by atoms with Crippen molar-refractivity contribution in [1.29, 1.82) is 0 Å². The van der Waals surface area contributed by atoms with Crippen LogP contribution in [0.4, 0.5) is 11.4 Å². The van der Waals surface area contributed by atoms with E-state index in [0.717, 1.165) is 0 Å². The van der Waals surface area contributed by atoms with Gasteiger partial charge in [-0.05, 0) is 48.7 Å². The molecule has 0 bridgehead atoms. The summed E-state index contributed by atoms with van der Waals surface area (Å²) in [6, 6.07) is 14.0. The molecule has 0 aliphatic rings. The number of benzene rings is 2. The van der Waals surface area contributed by atoms with Crippen molar-refractivity contribution < 1.29 is 14.3 Å². The molecule has 1 atom stereocenters. The smallest absolute Gasteiger partial charge is 0.338 e. The monoisotopic (exact) mass is 326 g/mol. The van der Waals surface area contributed by atoms with E-state index in [0.29, 0.717) is 22.9 Å². The van der Waals surface area contributed by atoms with Crippen molar-refractivity contribution in [2.75, 3.05) is 11.1 Å². The van der Waals surface area contributed by atoms with Crippen LogP contribution in [0.3, 0.4) is 0 Å². The maximum atomic E-state index is 12.2. The molecule has 0 spiro atoms. The molecule has 0 fully saturated rings. The number of nitrogens with one attached hydrogen (secondary N) is 1. The van der Waals surface area contributed by atoms with Crippen molar-refractivity contribution in [2.45, 2.75) is 32.8 Å². The molecular formula is C19H22N2O3. The predicted octanol–water partition coefficient (Wildman–Crippen LogP) is 3.58. The lowest BCUT2D eigenvalue weighted by molar-refractivity contribution is -0.123. The Morgan fingerprint density at radius 2 is 1.71 bits per heavy atom. The molecular weight excluding hydrogens is 304 g/mol. The molecule has 3 N–H and O–H groups in total. The SMILES string of the molecule is CC(OC(=O)c1cccc(N)c1)C(=O)Nc1ccc(C(C)C)cc1. The molecule has 5 nitrogen and oxygen atoms in total. The first kappa shape index (κ1) is 17.5. The number of hydrogen-bond acceptors (Lipinski definition) is 4. The fraction of sp³-hybridized carbons (Fsp3) is 0.263. The zero-order chi connectivity index (χ0) is 17.7. The van der Waals surface area contributed by atoms with Gasteiger partial charge < -0.3 is 15.8 Å². The van der Waals surface area contributed by atoms with E-state index in [4.69, 9.17) is 10.5 Å². The van der Waals surface area contributed by atoms with Crippen LogP contribution in [0.15, 0.2) is 48.5 Å². The summed E-state index contributed by atoms with van der Waals surface area (Å²) in [6.45, 7) is 5.74. The van der Waals surface area contributed by atoms with Crippen LogP contribution in [0.5, 0.6) is 0 Å². The third-order valence-electron chi connectivity index (χ3n) is 3.62. The Morgan fingerprint density at radius 1 is 1.04 bits per heavy atom. The Hall–Kier alpha value is -2.82. The fourth-order valence-electron chi connectivity index (χ4n) is 2.14. The molecule has 0 heterocycles. The quantitative estimate of drug-likeness (QED) is 0.650. The molecule has 2 aromatic rings. The number of nitrogen functional groups attached to an aromatic ring is 1. The van der Waals surface area contributed by atoms with Crippen LogP contribution >= 0.6 is 0 Å². The lowest BCUT2D eigenvalue weighted by Crippen LogP contribution is -2.30. The Balaban J connectivity index is 1.95. The molecule has 5 heteroatoms. The van der Waals surface area contributed by atoms with E-state index in [1.165, 1.54) is 18.6 Å². The van der Waals surface area contributed by atoms with Gasteiger partial charge in [-0.15, -0.1) is 0 Å². The summed E-state index contributed by atoms with van der Waals surface area (Å²) in [5.74, 6) is -0.544. The highest BCUT2D eigenvalue weighted by Gasteiger charge is 2.19. The lowest BCUT2D eigenvalue weighted by Gasteiger charge is -2.14. The highest BCUT2D eigenvalue weighted by atomic mass is 16.5. The largest absolute Gasteiger partial charge is 0.449 e. The number of rotatable bonds is 5. The number of carbonyl (C=O) groups excluding carboxylic acids is 2. The van der Waals surface area contributed by atoms with Gasteiger partial charge in [-0.25, -0.2) is 4.79 Å². The molecule has 126 valence electrons. The average Bonchev–Trinajstić information content (AvgIpc) is 2.55. The lowest BCUT2D eigenvalue weighted by atomic mass is 10.0. The first-order valence-electron chi connectivity index (χ1n) is 7.84. The van der Waals surface area contributed by atoms with Crippen molar-refractivity contribution in [2.24, 2.45) is 0 Å². The molecule has 0 aliphatic heterocycles. The molecule has 1 amide bonds. The zero-order valence-electron chi connectivity index (χ0n) is 14.1. The van der Waals surface area contributed by atoms with Gasteiger partial charge >= 0.3 is 5.97 Å². The van der Waals surface area contributed by atoms with Gasteiger partial charge in [0.05, 0.1) is 5.56 Å². The fourth-order valence-corrected chi connectivity index (χ4v) is 2.14. The van der Waals surface area contributed by atoms with Gasteiger partial charge in [0.25, 0.3) is 5.91 Å². The minimum atomic E-state index is -0.913. The van der Waals surface area contributed by atoms with Crippen molar-refractivity contribution >= 4 is 23.3 Å². The highest BCUT2D eigenvalue weighted by molar-refractivity contribution is 5.97. The van der Waals surface area contributed by atoms with E-state index < -0.39 is 12.1 Å². The summed E-state index contributed by atoms with van der Waals surface area (Å²) in [5.41, 5.74) is 8.27. The van der Waals surface area contributed by atoms with Crippen molar-refractivity contribution in [1.82, 2.24) is 0 Å². The van der Waals surface area contributed by atoms with E-state index in [1.807, 2.05) is 24.3 Å². The molecule has 1 unspecified atom stereocenters. The summed E-state index contributed by atoms with van der Waals surface area (Å²) >= 11 is 0. The number of hydrogen-bond donors (Lipinski definition) is 2. The Morgan fingerprint density at radius 3 is 2.29 bits per heavy atom. The average molecular weight is 326 g/mol. The van der Waals surface area contributed by atoms with Gasteiger partial charge in [0.1, 0.15) is 0 Å². The van der Waals surface area contributed by atoms with Gasteiger partial charge in [0, 0.05) is 11.4 Å². The standard InChI is InChI=1S/C19H22N2O3/c1-12(2)14-7-9-17(10-8-14)21-18(22)13(3)24-19(23)15-5-4-6-16(20)11-15/h4-13H,20H2,1-3H3,(H,21,22). The van der Waals surface area contributed by atoms with Crippen molar-refractivity contribution in [3.8, 4) is 0 Å². The minimum absolute atomic E-state index is 0.316. The van der Waals surface area contributed by atoms with Crippen LogP contribution in [-0.4, -0.2) is 18.0 Å².